The standard InChI is InChI=1S/C15H18N2O4/c1-4-8-17(9-5-2)14(19)11(3)21-15(20)12-6-7-16-13(18)10-12/h4-7,10-11H,1-2,8-9H2,3H3,(H,16,18). The monoisotopic (exact) mass is 290 g/mol. The molecule has 0 spiro atoms. The van der Waals surface area contributed by atoms with Crippen LogP contribution in [-0.4, -0.2) is 41.0 Å². The van der Waals surface area contributed by atoms with Gasteiger partial charge < -0.3 is 14.6 Å². The first-order valence-corrected chi connectivity index (χ1v) is 6.40. The number of esters is 1. The first-order valence-electron chi connectivity index (χ1n) is 6.40. The van der Waals surface area contributed by atoms with Crippen LogP contribution in [0.4, 0.5) is 0 Å². The molecule has 0 aliphatic heterocycles. The number of H-pyrrole nitrogens is 1. The second-order valence-corrected chi connectivity index (χ2v) is 4.31. The summed E-state index contributed by atoms with van der Waals surface area (Å²) in [5.41, 5.74) is -0.319. The number of nitrogens with zero attached hydrogens (tertiary/aromatic N) is 1. The largest absolute Gasteiger partial charge is 0.449 e. The zero-order valence-electron chi connectivity index (χ0n) is 11.9. The Morgan fingerprint density at radius 2 is 2.00 bits per heavy atom. The second kappa shape index (κ2) is 7.84. The SMILES string of the molecule is C=CCN(CC=C)C(=O)C(C)OC(=O)c1cc[nH]c(=O)c1. The van der Waals surface area contributed by atoms with Crippen molar-refractivity contribution in [3.05, 3.63) is 59.6 Å². The number of aromatic amines is 1. The lowest BCUT2D eigenvalue weighted by Gasteiger charge is -2.23. The van der Waals surface area contributed by atoms with E-state index in [0.717, 1.165) is 6.07 Å². The average Bonchev–Trinajstić information content (AvgIpc) is 2.46. The molecule has 0 aliphatic rings. The fourth-order valence-corrected chi connectivity index (χ4v) is 1.67. The van der Waals surface area contributed by atoms with E-state index in [1.54, 1.807) is 12.2 Å². The number of rotatable bonds is 7. The highest BCUT2D eigenvalue weighted by molar-refractivity contribution is 5.92. The van der Waals surface area contributed by atoms with Crippen molar-refractivity contribution in [3.63, 3.8) is 0 Å². The van der Waals surface area contributed by atoms with Crippen LogP contribution in [0, 0.1) is 0 Å². The molecule has 1 atom stereocenters. The minimum absolute atomic E-state index is 0.0948. The topological polar surface area (TPSA) is 79.5 Å². The van der Waals surface area contributed by atoms with E-state index in [-0.39, 0.29) is 11.5 Å². The summed E-state index contributed by atoms with van der Waals surface area (Å²) in [6.07, 6.45) is 3.53. The Kier molecular flexibility index (Phi) is 6.13. The Bertz CT molecular complexity index is 581. The summed E-state index contributed by atoms with van der Waals surface area (Å²) in [6.45, 7) is 9.28. The molecule has 0 saturated carbocycles. The molecule has 0 radical (unpaired) electrons. The van der Waals surface area contributed by atoms with E-state index in [1.807, 2.05) is 0 Å². The third kappa shape index (κ3) is 4.76. The van der Waals surface area contributed by atoms with Crippen LogP contribution in [0.2, 0.25) is 0 Å². The van der Waals surface area contributed by atoms with Crippen molar-refractivity contribution in [2.45, 2.75) is 13.0 Å². The summed E-state index contributed by atoms with van der Waals surface area (Å²) < 4.78 is 5.08. The molecule has 1 unspecified atom stereocenters. The molecular weight excluding hydrogens is 272 g/mol. The van der Waals surface area contributed by atoms with Gasteiger partial charge in [-0.2, -0.15) is 0 Å². The minimum Gasteiger partial charge on any atom is -0.449 e. The number of carbonyl (C=O) groups excluding carboxylic acids is 2. The summed E-state index contributed by atoms with van der Waals surface area (Å²) in [5.74, 6) is -1.08. The molecule has 0 saturated heterocycles. The van der Waals surface area contributed by atoms with E-state index in [2.05, 4.69) is 18.1 Å². The van der Waals surface area contributed by atoms with Crippen LogP contribution < -0.4 is 5.56 Å². The third-order valence-electron chi connectivity index (χ3n) is 2.65. The Labute approximate surface area is 122 Å². The molecule has 0 fully saturated rings. The van der Waals surface area contributed by atoms with Crippen molar-refractivity contribution >= 4 is 11.9 Å². The molecule has 0 aromatic carbocycles. The maximum Gasteiger partial charge on any atom is 0.339 e. The molecule has 112 valence electrons. The number of ether oxygens (including phenoxy) is 1. The number of amides is 1. The second-order valence-electron chi connectivity index (χ2n) is 4.31. The van der Waals surface area contributed by atoms with Crippen LogP contribution >= 0.6 is 0 Å². The molecule has 1 rings (SSSR count). The molecule has 21 heavy (non-hydrogen) atoms. The highest BCUT2D eigenvalue weighted by atomic mass is 16.5. The van der Waals surface area contributed by atoms with Crippen LogP contribution in [0.3, 0.4) is 0 Å². The summed E-state index contributed by atoms with van der Waals surface area (Å²) in [6, 6.07) is 2.52. The molecule has 6 heteroatoms. The van der Waals surface area contributed by atoms with E-state index in [1.165, 1.54) is 24.1 Å². The van der Waals surface area contributed by atoms with Crippen LogP contribution in [-0.2, 0) is 9.53 Å². The van der Waals surface area contributed by atoms with Crippen LogP contribution in [0.5, 0.6) is 0 Å². The van der Waals surface area contributed by atoms with E-state index < -0.39 is 17.6 Å². The zero-order chi connectivity index (χ0) is 15.8. The van der Waals surface area contributed by atoms with Gasteiger partial charge in [-0.05, 0) is 13.0 Å². The highest BCUT2D eigenvalue weighted by Gasteiger charge is 2.23. The van der Waals surface area contributed by atoms with Gasteiger partial charge in [0.1, 0.15) is 0 Å². The average molecular weight is 290 g/mol. The Hall–Kier alpha value is -2.63. The lowest BCUT2D eigenvalue weighted by molar-refractivity contribution is -0.138. The van der Waals surface area contributed by atoms with Gasteiger partial charge in [0.15, 0.2) is 6.10 Å². The number of carbonyl (C=O) groups is 2. The third-order valence-corrected chi connectivity index (χ3v) is 2.65. The molecule has 6 nitrogen and oxygen atoms in total. The molecule has 0 aliphatic carbocycles. The summed E-state index contributed by atoms with van der Waals surface area (Å²) >= 11 is 0. The number of hydrogen-bond acceptors (Lipinski definition) is 4. The van der Waals surface area contributed by atoms with Crippen molar-refractivity contribution in [1.82, 2.24) is 9.88 Å². The summed E-state index contributed by atoms with van der Waals surface area (Å²) in [5, 5.41) is 0. The Morgan fingerprint density at radius 3 is 2.52 bits per heavy atom. The maximum atomic E-state index is 12.1. The lowest BCUT2D eigenvalue weighted by Crippen LogP contribution is -2.40. The normalized spacial score (nSPS) is 11.3. The highest BCUT2D eigenvalue weighted by Crippen LogP contribution is 2.05. The van der Waals surface area contributed by atoms with Gasteiger partial charge in [0, 0.05) is 25.4 Å². The van der Waals surface area contributed by atoms with Crippen molar-refractivity contribution in [1.29, 1.82) is 0 Å². The van der Waals surface area contributed by atoms with Gasteiger partial charge in [-0.25, -0.2) is 4.79 Å². The van der Waals surface area contributed by atoms with Gasteiger partial charge in [-0.15, -0.1) is 13.2 Å². The Balaban J connectivity index is 2.74. The predicted octanol–water partition coefficient (Wildman–Crippen LogP) is 1.12. The number of nitrogens with one attached hydrogen (secondary N) is 1. The predicted molar refractivity (Wildman–Crippen MR) is 78.9 cm³/mol. The quantitative estimate of drug-likeness (QED) is 0.603. The van der Waals surface area contributed by atoms with Gasteiger partial charge in [0.2, 0.25) is 5.56 Å². The molecule has 1 N–H and O–H groups in total. The number of aromatic nitrogens is 1. The first-order chi connectivity index (χ1) is 9.99. The van der Waals surface area contributed by atoms with E-state index >= 15 is 0 Å². The van der Waals surface area contributed by atoms with E-state index in [9.17, 15) is 14.4 Å². The fourth-order valence-electron chi connectivity index (χ4n) is 1.67. The number of hydrogen-bond donors (Lipinski definition) is 1. The van der Waals surface area contributed by atoms with Gasteiger partial charge >= 0.3 is 5.97 Å². The maximum absolute atomic E-state index is 12.1. The van der Waals surface area contributed by atoms with Crippen LogP contribution in [0.25, 0.3) is 0 Å². The van der Waals surface area contributed by atoms with Gasteiger partial charge in [-0.1, -0.05) is 12.2 Å². The van der Waals surface area contributed by atoms with Gasteiger partial charge in [0.25, 0.3) is 5.91 Å². The molecule has 1 heterocycles. The molecule has 1 aromatic heterocycles. The van der Waals surface area contributed by atoms with Crippen LogP contribution in [0.1, 0.15) is 17.3 Å². The lowest BCUT2D eigenvalue weighted by atomic mass is 10.2. The fraction of sp³-hybridized carbons (Fsp3) is 0.267. The van der Waals surface area contributed by atoms with Crippen molar-refractivity contribution in [2.75, 3.05) is 13.1 Å². The molecule has 1 aromatic rings. The van der Waals surface area contributed by atoms with Crippen LogP contribution in [0.15, 0.2) is 48.4 Å². The molecule has 0 bridgehead atoms. The smallest absolute Gasteiger partial charge is 0.339 e. The van der Waals surface area contributed by atoms with Gasteiger partial charge in [0.05, 0.1) is 5.56 Å². The summed E-state index contributed by atoms with van der Waals surface area (Å²) in [7, 11) is 0. The van der Waals surface area contributed by atoms with Crippen molar-refractivity contribution in [3.8, 4) is 0 Å². The van der Waals surface area contributed by atoms with E-state index in [0.29, 0.717) is 13.1 Å². The van der Waals surface area contributed by atoms with Crippen molar-refractivity contribution in [2.24, 2.45) is 0 Å². The first kappa shape index (κ1) is 16.4. The number of pyridine rings is 1. The Morgan fingerprint density at radius 1 is 1.38 bits per heavy atom. The van der Waals surface area contributed by atoms with Crippen molar-refractivity contribution < 1.29 is 14.3 Å². The van der Waals surface area contributed by atoms with Gasteiger partial charge in [-0.3, -0.25) is 9.59 Å². The summed E-state index contributed by atoms with van der Waals surface area (Å²) in [4.78, 5) is 39.0. The zero-order valence-corrected chi connectivity index (χ0v) is 11.9. The van der Waals surface area contributed by atoms with E-state index in [4.69, 9.17) is 4.74 Å². The minimum atomic E-state index is -0.961. The molecule has 1 amide bonds. The molecular formula is C15H18N2O4.